The first-order valence-corrected chi connectivity index (χ1v) is 4.41. The summed E-state index contributed by atoms with van der Waals surface area (Å²) in [6, 6.07) is 3.84. The van der Waals surface area contributed by atoms with Crippen molar-refractivity contribution in [2.75, 3.05) is 0 Å². The van der Waals surface area contributed by atoms with Crippen LogP contribution in [0.4, 0.5) is 0 Å². The van der Waals surface area contributed by atoms with E-state index < -0.39 is 0 Å². The van der Waals surface area contributed by atoms with E-state index in [1.165, 1.54) is 18.9 Å². The molecule has 2 aromatic rings. The van der Waals surface area contributed by atoms with Gasteiger partial charge in [0.15, 0.2) is 0 Å². The van der Waals surface area contributed by atoms with E-state index in [0.29, 0.717) is 6.04 Å². The van der Waals surface area contributed by atoms with E-state index in [2.05, 4.69) is 10.1 Å². The average Bonchev–Trinajstić information content (AvgIpc) is 2.87. The van der Waals surface area contributed by atoms with Crippen LogP contribution in [-0.2, 0) is 0 Å². The molecule has 66 valence electrons. The van der Waals surface area contributed by atoms with Gasteiger partial charge in [-0.05, 0) is 18.9 Å². The summed E-state index contributed by atoms with van der Waals surface area (Å²) in [4.78, 5) is 13.9. The molecule has 0 unspecified atom stereocenters. The number of hydrogen-bond donors (Lipinski definition) is 1. The van der Waals surface area contributed by atoms with E-state index in [1.54, 1.807) is 12.3 Å². The zero-order chi connectivity index (χ0) is 8.84. The number of aromatic amines is 1. The second-order valence-corrected chi connectivity index (χ2v) is 3.45. The largest absolute Gasteiger partial charge is 0.307 e. The number of rotatable bonds is 1. The van der Waals surface area contributed by atoms with Crippen molar-refractivity contribution in [2.45, 2.75) is 18.9 Å². The van der Waals surface area contributed by atoms with Crippen LogP contribution in [0, 0.1) is 0 Å². The summed E-state index contributed by atoms with van der Waals surface area (Å²) in [6.07, 6.45) is 4.14. The lowest BCUT2D eigenvalue weighted by molar-refractivity contribution is 0.658. The van der Waals surface area contributed by atoms with Crippen LogP contribution >= 0.6 is 0 Å². The molecular weight excluding hydrogens is 166 g/mol. The quantitative estimate of drug-likeness (QED) is 0.704. The molecule has 3 rings (SSSR count). The first kappa shape index (κ1) is 6.88. The Labute approximate surface area is 74.2 Å². The van der Waals surface area contributed by atoms with Crippen molar-refractivity contribution in [3.8, 4) is 0 Å². The molecule has 2 aromatic heterocycles. The van der Waals surface area contributed by atoms with Crippen molar-refractivity contribution < 1.29 is 0 Å². The number of pyridine rings is 1. The highest BCUT2D eigenvalue weighted by molar-refractivity contribution is 5.74. The fourth-order valence-electron chi connectivity index (χ4n) is 1.55. The monoisotopic (exact) mass is 175 g/mol. The van der Waals surface area contributed by atoms with Crippen LogP contribution in [0.25, 0.3) is 11.0 Å². The van der Waals surface area contributed by atoms with E-state index >= 15 is 0 Å². The first-order chi connectivity index (χ1) is 6.34. The molecule has 0 saturated heterocycles. The van der Waals surface area contributed by atoms with Crippen LogP contribution in [0.15, 0.2) is 23.1 Å². The van der Waals surface area contributed by atoms with Crippen LogP contribution in [-0.4, -0.2) is 14.8 Å². The van der Waals surface area contributed by atoms with Gasteiger partial charge in [0, 0.05) is 11.5 Å². The molecule has 0 bridgehead atoms. The second kappa shape index (κ2) is 2.22. The molecule has 0 aliphatic heterocycles. The molecule has 4 heteroatoms. The summed E-state index contributed by atoms with van der Waals surface area (Å²) in [7, 11) is 0. The standard InChI is InChI=1S/C9H9N3O/c13-8-4-1-6-5-10-12(7-2-3-7)9(6)11-8/h1,4-5,7H,2-3H2,(H,11,13). The van der Waals surface area contributed by atoms with Crippen LogP contribution in [0.5, 0.6) is 0 Å². The minimum absolute atomic E-state index is 0.0603. The van der Waals surface area contributed by atoms with E-state index in [9.17, 15) is 4.79 Å². The zero-order valence-corrected chi connectivity index (χ0v) is 7.03. The molecule has 0 amide bonds. The Morgan fingerprint density at radius 3 is 3.08 bits per heavy atom. The normalized spacial score (nSPS) is 16.6. The minimum Gasteiger partial charge on any atom is -0.307 e. The third-order valence-corrected chi connectivity index (χ3v) is 2.37. The molecule has 0 aromatic carbocycles. The maximum Gasteiger partial charge on any atom is 0.249 e. The van der Waals surface area contributed by atoms with E-state index in [4.69, 9.17) is 0 Å². The Bertz CT molecular complexity index is 507. The Morgan fingerprint density at radius 1 is 1.46 bits per heavy atom. The van der Waals surface area contributed by atoms with E-state index in [0.717, 1.165) is 11.0 Å². The third-order valence-electron chi connectivity index (χ3n) is 2.37. The maximum atomic E-state index is 11.1. The van der Waals surface area contributed by atoms with Gasteiger partial charge in [-0.2, -0.15) is 5.10 Å². The van der Waals surface area contributed by atoms with Gasteiger partial charge >= 0.3 is 0 Å². The molecule has 1 aliphatic rings. The van der Waals surface area contributed by atoms with Crippen LogP contribution in [0.3, 0.4) is 0 Å². The minimum atomic E-state index is -0.0603. The highest BCUT2D eigenvalue weighted by Crippen LogP contribution is 2.35. The van der Waals surface area contributed by atoms with E-state index in [1.807, 2.05) is 4.68 Å². The lowest BCUT2D eigenvalue weighted by Gasteiger charge is -1.97. The summed E-state index contributed by atoms with van der Waals surface area (Å²) in [5.74, 6) is 0. The fourth-order valence-corrected chi connectivity index (χ4v) is 1.55. The summed E-state index contributed by atoms with van der Waals surface area (Å²) in [5.41, 5.74) is 0.796. The number of H-pyrrole nitrogens is 1. The van der Waals surface area contributed by atoms with Crippen molar-refractivity contribution in [1.82, 2.24) is 14.8 Å². The van der Waals surface area contributed by atoms with Crippen molar-refractivity contribution in [3.63, 3.8) is 0 Å². The topological polar surface area (TPSA) is 50.7 Å². The van der Waals surface area contributed by atoms with Crippen molar-refractivity contribution in [1.29, 1.82) is 0 Å². The summed E-state index contributed by atoms with van der Waals surface area (Å²) >= 11 is 0. The molecule has 1 aliphatic carbocycles. The Balaban J connectivity index is 2.35. The molecular formula is C9H9N3O. The van der Waals surface area contributed by atoms with Crippen LogP contribution in [0.1, 0.15) is 18.9 Å². The molecule has 0 spiro atoms. The highest BCUT2D eigenvalue weighted by atomic mass is 16.1. The van der Waals surface area contributed by atoms with Gasteiger partial charge in [-0.3, -0.25) is 4.79 Å². The number of aromatic nitrogens is 3. The van der Waals surface area contributed by atoms with Crippen LogP contribution < -0.4 is 5.56 Å². The SMILES string of the molecule is O=c1ccc2cnn(C3CC3)c2[nH]1. The molecule has 13 heavy (non-hydrogen) atoms. The number of nitrogens with zero attached hydrogens (tertiary/aromatic N) is 2. The molecule has 1 saturated carbocycles. The van der Waals surface area contributed by atoms with Gasteiger partial charge in [-0.1, -0.05) is 0 Å². The van der Waals surface area contributed by atoms with Gasteiger partial charge in [0.1, 0.15) is 5.65 Å². The van der Waals surface area contributed by atoms with Crippen molar-refractivity contribution >= 4 is 11.0 Å². The number of hydrogen-bond acceptors (Lipinski definition) is 2. The Kier molecular flexibility index (Phi) is 1.17. The summed E-state index contributed by atoms with van der Waals surface area (Å²) in [6.45, 7) is 0. The van der Waals surface area contributed by atoms with Gasteiger partial charge in [0.2, 0.25) is 5.56 Å². The smallest absolute Gasteiger partial charge is 0.249 e. The highest BCUT2D eigenvalue weighted by Gasteiger charge is 2.25. The predicted octanol–water partition coefficient (Wildman–Crippen LogP) is 1.06. The summed E-state index contributed by atoms with van der Waals surface area (Å²) in [5, 5.41) is 5.25. The Hall–Kier alpha value is -1.58. The van der Waals surface area contributed by atoms with Gasteiger partial charge in [0.05, 0.1) is 12.2 Å². The molecule has 2 heterocycles. The maximum absolute atomic E-state index is 11.1. The van der Waals surface area contributed by atoms with Gasteiger partial charge in [-0.25, -0.2) is 4.68 Å². The first-order valence-electron chi connectivity index (χ1n) is 4.41. The molecule has 0 atom stereocenters. The molecule has 0 radical (unpaired) electrons. The Morgan fingerprint density at radius 2 is 2.31 bits per heavy atom. The molecule has 1 fully saturated rings. The number of nitrogens with one attached hydrogen (secondary N) is 1. The third kappa shape index (κ3) is 0.983. The van der Waals surface area contributed by atoms with Crippen molar-refractivity contribution in [2.24, 2.45) is 0 Å². The lowest BCUT2D eigenvalue weighted by Crippen LogP contribution is -2.06. The van der Waals surface area contributed by atoms with E-state index in [-0.39, 0.29) is 5.56 Å². The molecule has 1 N–H and O–H groups in total. The fraction of sp³-hybridized carbons (Fsp3) is 0.333. The average molecular weight is 175 g/mol. The van der Waals surface area contributed by atoms with Crippen molar-refractivity contribution in [3.05, 3.63) is 28.7 Å². The second-order valence-electron chi connectivity index (χ2n) is 3.45. The van der Waals surface area contributed by atoms with Gasteiger partial charge < -0.3 is 4.98 Å². The van der Waals surface area contributed by atoms with Gasteiger partial charge in [-0.15, -0.1) is 0 Å². The predicted molar refractivity (Wildman–Crippen MR) is 48.6 cm³/mol. The lowest BCUT2D eigenvalue weighted by atomic mass is 10.3. The summed E-state index contributed by atoms with van der Waals surface area (Å²) < 4.78 is 1.91. The zero-order valence-electron chi connectivity index (χ0n) is 7.03. The molecule has 4 nitrogen and oxygen atoms in total. The van der Waals surface area contributed by atoms with Crippen LogP contribution in [0.2, 0.25) is 0 Å². The van der Waals surface area contributed by atoms with Gasteiger partial charge in [0.25, 0.3) is 0 Å². The number of fused-ring (bicyclic) bond motifs is 1.